The maximum Gasteiger partial charge on any atom is 0.151 e. The number of likely N-dealkylation sites (N-methyl/N-ethyl adjacent to an activating group) is 1. The van der Waals surface area contributed by atoms with Crippen LogP contribution in [0, 0.1) is 21.8 Å². The number of carbonyl (C=O) groups excluding carboxylic acids is 1. The van der Waals surface area contributed by atoms with Gasteiger partial charge in [0.25, 0.3) is 0 Å². The van der Waals surface area contributed by atoms with Gasteiger partial charge in [0.05, 0.1) is 5.56 Å². The second kappa shape index (κ2) is 9.67. The van der Waals surface area contributed by atoms with Crippen LogP contribution in [0.3, 0.4) is 0 Å². The summed E-state index contributed by atoms with van der Waals surface area (Å²) in [5, 5.41) is 12.6. The van der Waals surface area contributed by atoms with Gasteiger partial charge in [-0.1, -0.05) is 6.07 Å². The number of aromatic nitrogens is 2. The third-order valence-electron chi connectivity index (χ3n) is 4.60. The van der Waals surface area contributed by atoms with Crippen LogP contribution >= 0.6 is 22.6 Å². The van der Waals surface area contributed by atoms with E-state index in [9.17, 15) is 10.1 Å². The monoisotopic (exact) mass is 500 g/mol. The summed E-state index contributed by atoms with van der Waals surface area (Å²) in [6.45, 7) is 3.49. The maximum atomic E-state index is 11.2. The molecule has 0 fully saturated rings. The topological polar surface area (TPSA) is 79.9 Å². The zero-order valence-corrected chi connectivity index (χ0v) is 18.4. The lowest BCUT2D eigenvalue weighted by atomic mass is 10.1. The third kappa shape index (κ3) is 5.02. The van der Waals surface area contributed by atoms with Gasteiger partial charge in [-0.25, -0.2) is 4.98 Å². The number of halogens is 1. The Morgan fingerprint density at radius 2 is 2.14 bits per heavy atom. The smallest absolute Gasteiger partial charge is 0.151 e. The fraction of sp³-hybridized carbons (Fsp3) is 0.227. The van der Waals surface area contributed by atoms with E-state index in [0.29, 0.717) is 29.2 Å². The van der Waals surface area contributed by atoms with Gasteiger partial charge in [-0.2, -0.15) is 5.26 Å². The maximum absolute atomic E-state index is 11.2. The van der Waals surface area contributed by atoms with Gasteiger partial charge in [-0.05, 0) is 72.5 Å². The molecule has 0 bridgehead atoms. The van der Waals surface area contributed by atoms with Gasteiger partial charge in [-0.3, -0.25) is 4.79 Å². The number of hydrogen-bond acceptors (Lipinski definition) is 5. The summed E-state index contributed by atoms with van der Waals surface area (Å²) in [4.78, 5) is 15.6. The predicted octanol–water partition coefficient (Wildman–Crippen LogP) is 4.08. The molecule has 6 nitrogen and oxygen atoms in total. The summed E-state index contributed by atoms with van der Waals surface area (Å²) in [7, 11) is 1.93. The second-order valence-electron chi connectivity index (χ2n) is 6.58. The number of nitriles is 1. The molecule has 1 N–H and O–H groups in total. The van der Waals surface area contributed by atoms with E-state index in [1.807, 2.05) is 38.4 Å². The Labute approximate surface area is 183 Å². The van der Waals surface area contributed by atoms with Crippen LogP contribution in [0.25, 0.3) is 0 Å². The van der Waals surface area contributed by atoms with Gasteiger partial charge in [-0.15, -0.1) is 0 Å². The summed E-state index contributed by atoms with van der Waals surface area (Å²) in [6.07, 6.45) is 3.58. The molecule has 148 valence electrons. The van der Waals surface area contributed by atoms with E-state index < -0.39 is 0 Å². The van der Waals surface area contributed by atoms with Crippen LogP contribution in [-0.4, -0.2) is 29.4 Å². The fourth-order valence-corrected chi connectivity index (χ4v) is 3.47. The average molecular weight is 500 g/mol. The summed E-state index contributed by atoms with van der Waals surface area (Å²) in [5.41, 5.74) is 3.16. The number of ether oxygens (including phenoxy) is 1. The molecule has 0 radical (unpaired) electrons. The first kappa shape index (κ1) is 21.0. The van der Waals surface area contributed by atoms with E-state index in [0.717, 1.165) is 39.9 Å². The number of nitrogens with zero attached hydrogens (tertiary/aromatic N) is 3. The quantitative estimate of drug-likeness (QED) is 0.373. The van der Waals surface area contributed by atoms with Crippen LogP contribution in [0.15, 0.2) is 42.6 Å². The number of hydrogen-bond donors (Lipinski definition) is 1. The molecule has 0 unspecified atom stereocenters. The highest BCUT2D eigenvalue weighted by atomic mass is 127. The van der Waals surface area contributed by atoms with E-state index in [1.54, 1.807) is 18.2 Å². The van der Waals surface area contributed by atoms with Gasteiger partial charge in [0.1, 0.15) is 23.4 Å². The Hall–Kier alpha value is -2.70. The Balaban J connectivity index is 1.89. The van der Waals surface area contributed by atoms with Crippen LogP contribution < -0.4 is 10.1 Å². The van der Waals surface area contributed by atoms with Crippen molar-refractivity contribution in [1.82, 2.24) is 14.9 Å². The van der Waals surface area contributed by atoms with Gasteiger partial charge in [0, 0.05) is 40.5 Å². The van der Waals surface area contributed by atoms with Crippen LogP contribution in [0.4, 0.5) is 0 Å². The van der Waals surface area contributed by atoms with Crippen LogP contribution in [0.1, 0.15) is 33.0 Å². The zero-order chi connectivity index (χ0) is 20.8. The average Bonchev–Trinajstić information content (AvgIpc) is 3.07. The summed E-state index contributed by atoms with van der Waals surface area (Å²) in [5.74, 6) is 1.93. The summed E-state index contributed by atoms with van der Waals surface area (Å²) >= 11 is 2.10. The van der Waals surface area contributed by atoms with E-state index in [2.05, 4.69) is 43.5 Å². The van der Waals surface area contributed by atoms with Crippen molar-refractivity contribution < 1.29 is 9.53 Å². The minimum atomic E-state index is 0.442. The number of imidazole rings is 1. The van der Waals surface area contributed by atoms with Crippen molar-refractivity contribution in [2.45, 2.75) is 19.9 Å². The molecule has 0 spiro atoms. The number of carbonyl (C=O) groups is 1. The molecule has 0 amide bonds. The SMILES string of the molecule is CNCCc1cnc(C)n1Cc1ccc(C#N)c(Oc2ccc(I)c(C=O)c2)c1. The molecule has 2 aromatic carbocycles. The Morgan fingerprint density at radius 3 is 2.86 bits per heavy atom. The highest BCUT2D eigenvalue weighted by molar-refractivity contribution is 14.1. The third-order valence-corrected chi connectivity index (χ3v) is 5.58. The molecule has 0 saturated carbocycles. The lowest BCUT2D eigenvalue weighted by Crippen LogP contribution is -2.14. The van der Waals surface area contributed by atoms with E-state index in [4.69, 9.17) is 4.74 Å². The van der Waals surface area contributed by atoms with Crippen molar-refractivity contribution in [2.24, 2.45) is 0 Å². The van der Waals surface area contributed by atoms with Crippen LogP contribution in [0.5, 0.6) is 11.5 Å². The lowest BCUT2D eigenvalue weighted by molar-refractivity contribution is 0.112. The molecular formula is C22H21IN4O2. The molecule has 7 heteroatoms. The first-order valence-corrected chi connectivity index (χ1v) is 10.2. The van der Waals surface area contributed by atoms with E-state index >= 15 is 0 Å². The normalized spacial score (nSPS) is 10.6. The van der Waals surface area contributed by atoms with Gasteiger partial charge in [0.2, 0.25) is 0 Å². The molecule has 0 aliphatic heterocycles. The standard InChI is InChI=1S/C22H21IN4O2/c1-15-26-12-19(7-8-25-2)27(15)13-16-3-4-17(11-24)22(9-16)29-20-5-6-21(23)18(10-20)14-28/h3-6,9-10,12,14,25H,7-8,13H2,1-2H3. The molecule has 29 heavy (non-hydrogen) atoms. The molecule has 0 aliphatic rings. The second-order valence-corrected chi connectivity index (χ2v) is 7.74. The largest absolute Gasteiger partial charge is 0.456 e. The van der Waals surface area contributed by atoms with E-state index in [1.165, 1.54) is 0 Å². The van der Waals surface area contributed by atoms with Crippen LogP contribution in [0.2, 0.25) is 0 Å². The van der Waals surface area contributed by atoms with Crippen molar-refractivity contribution >= 4 is 28.9 Å². The summed E-state index contributed by atoms with van der Waals surface area (Å²) < 4.78 is 8.98. The van der Waals surface area contributed by atoms with Crippen molar-refractivity contribution in [3.8, 4) is 17.6 Å². The Kier molecular flexibility index (Phi) is 7.01. The highest BCUT2D eigenvalue weighted by Crippen LogP contribution is 2.28. The van der Waals surface area contributed by atoms with Gasteiger partial charge >= 0.3 is 0 Å². The Morgan fingerprint density at radius 1 is 1.31 bits per heavy atom. The summed E-state index contributed by atoms with van der Waals surface area (Å²) in [6, 6.07) is 13.0. The molecule has 1 heterocycles. The van der Waals surface area contributed by atoms with Crippen molar-refractivity contribution in [3.63, 3.8) is 0 Å². The van der Waals surface area contributed by atoms with Crippen molar-refractivity contribution in [3.05, 3.63) is 74.4 Å². The number of aldehydes is 1. The fourth-order valence-electron chi connectivity index (χ4n) is 3.01. The van der Waals surface area contributed by atoms with E-state index in [-0.39, 0.29) is 0 Å². The number of nitrogens with one attached hydrogen (secondary N) is 1. The predicted molar refractivity (Wildman–Crippen MR) is 119 cm³/mol. The Bertz CT molecular complexity index is 1070. The first-order chi connectivity index (χ1) is 14.0. The number of benzene rings is 2. The minimum absolute atomic E-state index is 0.442. The van der Waals surface area contributed by atoms with Gasteiger partial charge < -0.3 is 14.6 Å². The van der Waals surface area contributed by atoms with Gasteiger partial charge in [0.15, 0.2) is 6.29 Å². The molecule has 3 rings (SSSR count). The van der Waals surface area contributed by atoms with Crippen molar-refractivity contribution in [1.29, 1.82) is 5.26 Å². The number of rotatable bonds is 8. The van der Waals surface area contributed by atoms with Crippen LogP contribution in [-0.2, 0) is 13.0 Å². The molecule has 3 aromatic rings. The minimum Gasteiger partial charge on any atom is -0.456 e. The number of aryl methyl sites for hydroxylation is 1. The molecule has 0 atom stereocenters. The first-order valence-electron chi connectivity index (χ1n) is 9.17. The molecule has 0 aliphatic carbocycles. The lowest BCUT2D eigenvalue weighted by Gasteiger charge is -2.13. The molecular weight excluding hydrogens is 479 g/mol. The zero-order valence-electron chi connectivity index (χ0n) is 16.3. The highest BCUT2D eigenvalue weighted by Gasteiger charge is 2.11. The molecule has 1 aromatic heterocycles. The van der Waals surface area contributed by atoms with Crippen molar-refractivity contribution in [2.75, 3.05) is 13.6 Å². The molecule has 0 saturated heterocycles.